The minimum Gasteiger partial charge on any atom is -0.433 e. The number of benzene rings is 1. The Labute approximate surface area is 97.5 Å². The van der Waals surface area contributed by atoms with Gasteiger partial charge in [0.05, 0.1) is 5.69 Å². The minimum atomic E-state index is -2.94. The molecule has 0 spiro atoms. The lowest BCUT2D eigenvalue weighted by molar-refractivity contribution is -0.124. The van der Waals surface area contributed by atoms with Crippen molar-refractivity contribution >= 4 is 11.6 Å². The molecular weight excluding hydrogens is 232 g/mol. The summed E-state index contributed by atoms with van der Waals surface area (Å²) in [4.78, 5) is 11.5. The number of methoxy groups -OCH3 is 1. The van der Waals surface area contributed by atoms with Gasteiger partial charge in [-0.2, -0.15) is 8.78 Å². The van der Waals surface area contributed by atoms with Gasteiger partial charge in [-0.05, 0) is 19.1 Å². The van der Waals surface area contributed by atoms with Crippen molar-refractivity contribution in [3.63, 3.8) is 0 Å². The minimum absolute atomic E-state index is 0.0841. The Balaban J connectivity index is 2.79. The molecule has 0 aliphatic heterocycles. The normalized spacial score (nSPS) is 12.3. The first kappa shape index (κ1) is 13.4. The highest BCUT2D eigenvalue weighted by Gasteiger charge is 2.15. The molecule has 1 atom stereocenters. The van der Waals surface area contributed by atoms with Crippen molar-refractivity contribution in [3.8, 4) is 5.75 Å². The number of alkyl halides is 2. The number of anilines is 1. The molecule has 0 saturated heterocycles. The predicted molar refractivity (Wildman–Crippen MR) is 58.2 cm³/mol. The molecule has 0 bridgehead atoms. The number of hydrogen-bond acceptors (Lipinski definition) is 3. The molecule has 0 saturated carbocycles. The van der Waals surface area contributed by atoms with Gasteiger partial charge in [0.1, 0.15) is 11.9 Å². The Hall–Kier alpha value is -1.69. The van der Waals surface area contributed by atoms with E-state index in [0.717, 1.165) is 0 Å². The van der Waals surface area contributed by atoms with Crippen LogP contribution in [0, 0.1) is 0 Å². The van der Waals surface area contributed by atoms with E-state index in [1.54, 1.807) is 13.0 Å². The van der Waals surface area contributed by atoms with Crippen molar-refractivity contribution in [2.24, 2.45) is 0 Å². The van der Waals surface area contributed by atoms with Gasteiger partial charge in [0, 0.05) is 7.11 Å². The summed E-state index contributed by atoms with van der Waals surface area (Å²) in [5, 5.41) is 2.44. The molecule has 94 valence electrons. The number of halogens is 2. The fourth-order valence-electron chi connectivity index (χ4n) is 1.11. The predicted octanol–water partition coefficient (Wildman–Crippen LogP) is 2.26. The van der Waals surface area contributed by atoms with Crippen molar-refractivity contribution in [3.05, 3.63) is 24.3 Å². The maximum atomic E-state index is 12.1. The molecule has 17 heavy (non-hydrogen) atoms. The van der Waals surface area contributed by atoms with Gasteiger partial charge in [-0.15, -0.1) is 0 Å². The van der Waals surface area contributed by atoms with Gasteiger partial charge in [0.25, 0.3) is 5.91 Å². The second kappa shape index (κ2) is 6.15. The fraction of sp³-hybridized carbons (Fsp3) is 0.364. The average Bonchev–Trinajstić information content (AvgIpc) is 2.29. The van der Waals surface area contributed by atoms with Gasteiger partial charge in [0.2, 0.25) is 0 Å². The Morgan fingerprint density at radius 1 is 1.35 bits per heavy atom. The zero-order valence-corrected chi connectivity index (χ0v) is 9.44. The van der Waals surface area contributed by atoms with Crippen LogP contribution in [0.2, 0.25) is 0 Å². The van der Waals surface area contributed by atoms with E-state index >= 15 is 0 Å². The van der Waals surface area contributed by atoms with Crippen LogP contribution in [-0.2, 0) is 9.53 Å². The van der Waals surface area contributed by atoms with Crippen molar-refractivity contribution in [1.82, 2.24) is 0 Å². The highest BCUT2D eigenvalue weighted by atomic mass is 19.3. The van der Waals surface area contributed by atoms with E-state index in [0.29, 0.717) is 0 Å². The van der Waals surface area contributed by atoms with Crippen LogP contribution in [0.1, 0.15) is 6.92 Å². The number of nitrogens with one attached hydrogen (secondary N) is 1. The first-order valence-corrected chi connectivity index (χ1v) is 4.92. The molecular formula is C11H13F2NO3. The van der Waals surface area contributed by atoms with E-state index in [2.05, 4.69) is 10.1 Å². The second-order valence-corrected chi connectivity index (χ2v) is 3.24. The molecule has 1 amide bonds. The van der Waals surface area contributed by atoms with Gasteiger partial charge in [-0.25, -0.2) is 0 Å². The highest BCUT2D eigenvalue weighted by molar-refractivity contribution is 5.95. The van der Waals surface area contributed by atoms with Crippen molar-refractivity contribution in [1.29, 1.82) is 0 Å². The summed E-state index contributed by atoms with van der Waals surface area (Å²) in [5.74, 6) is -0.517. The van der Waals surface area contributed by atoms with Crippen molar-refractivity contribution in [2.45, 2.75) is 19.6 Å². The van der Waals surface area contributed by atoms with Crippen LogP contribution < -0.4 is 10.1 Å². The zero-order valence-electron chi connectivity index (χ0n) is 9.44. The van der Waals surface area contributed by atoms with Gasteiger partial charge in [-0.1, -0.05) is 12.1 Å². The molecule has 0 aromatic heterocycles. The maximum Gasteiger partial charge on any atom is 0.387 e. The van der Waals surface area contributed by atoms with Crippen LogP contribution in [0.5, 0.6) is 5.75 Å². The van der Waals surface area contributed by atoms with Crippen LogP contribution in [0.3, 0.4) is 0 Å². The number of amides is 1. The Morgan fingerprint density at radius 3 is 2.59 bits per heavy atom. The molecule has 0 aliphatic rings. The van der Waals surface area contributed by atoms with Gasteiger partial charge < -0.3 is 14.8 Å². The zero-order chi connectivity index (χ0) is 12.8. The van der Waals surface area contributed by atoms with Gasteiger partial charge in [0.15, 0.2) is 0 Å². The molecule has 1 aromatic carbocycles. The third-order valence-corrected chi connectivity index (χ3v) is 2.08. The summed E-state index contributed by atoms with van der Waals surface area (Å²) in [5.41, 5.74) is 0.182. The van der Waals surface area contributed by atoms with Crippen LogP contribution >= 0.6 is 0 Å². The maximum absolute atomic E-state index is 12.1. The Bertz CT molecular complexity index is 385. The molecule has 4 nitrogen and oxygen atoms in total. The number of carbonyl (C=O) groups is 1. The highest BCUT2D eigenvalue weighted by Crippen LogP contribution is 2.25. The van der Waals surface area contributed by atoms with E-state index < -0.39 is 18.6 Å². The summed E-state index contributed by atoms with van der Waals surface area (Å²) in [6.45, 7) is -1.39. The lowest BCUT2D eigenvalue weighted by Gasteiger charge is -2.13. The number of rotatable bonds is 5. The standard InChI is InChI=1S/C11H13F2NO3/c1-7(16-2)10(15)14-8-5-3-4-6-9(8)17-11(12)13/h3-7,11H,1-2H3,(H,14,15). The molecule has 6 heteroatoms. The van der Waals surface area contributed by atoms with E-state index in [-0.39, 0.29) is 11.4 Å². The lowest BCUT2D eigenvalue weighted by Crippen LogP contribution is -2.26. The second-order valence-electron chi connectivity index (χ2n) is 3.24. The van der Waals surface area contributed by atoms with E-state index in [9.17, 15) is 13.6 Å². The summed E-state index contributed by atoms with van der Waals surface area (Å²) in [7, 11) is 1.38. The molecule has 1 rings (SSSR count). The van der Waals surface area contributed by atoms with Crippen LogP contribution in [-0.4, -0.2) is 25.7 Å². The molecule has 0 radical (unpaired) electrons. The lowest BCUT2D eigenvalue weighted by atomic mass is 10.2. The number of hydrogen-bond donors (Lipinski definition) is 1. The molecule has 0 fully saturated rings. The largest absolute Gasteiger partial charge is 0.433 e. The SMILES string of the molecule is COC(C)C(=O)Nc1ccccc1OC(F)F. The van der Waals surface area contributed by atoms with E-state index in [1.807, 2.05) is 0 Å². The molecule has 0 heterocycles. The fourth-order valence-corrected chi connectivity index (χ4v) is 1.11. The monoisotopic (exact) mass is 245 g/mol. The number of para-hydroxylation sites is 2. The van der Waals surface area contributed by atoms with E-state index in [1.165, 1.54) is 25.3 Å². The van der Waals surface area contributed by atoms with Crippen molar-refractivity contribution < 1.29 is 23.0 Å². The summed E-state index contributed by atoms with van der Waals surface area (Å²) in [6, 6.07) is 5.95. The topological polar surface area (TPSA) is 47.6 Å². The average molecular weight is 245 g/mol. The van der Waals surface area contributed by atoms with Crippen LogP contribution in [0.25, 0.3) is 0 Å². The summed E-state index contributed by atoms with van der Waals surface area (Å²) < 4.78 is 33.3. The summed E-state index contributed by atoms with van der Waals surface area (Å²) >= 11 is 0. The Kier molecular flexibility index (Phi) is 4.84. The van der Waals surface area contributed by atoms with Crippen LogP contribution in [0.4, 0.5) is 14.5 Å². The van der Waals surface area contributed by atoms with E-state index in [4.69, 9.17) is 4.74 Å². The van der Waals surface area contributed by atoms with Gasteiger partial charge >= 0.3 is 6.61 Å². The first-order chi connectivity index (χ1) is 8.04. The summed E-state index contributed by atoms with van der Waals surface area (Å²) in [6.07, 6.45) is -0.672. The number of carbonyl (C=O) groups excluding carboxylic acids is 1. The Morgan fingerprint density at radius 2 is 2.00 bits per heavy atom. The van der Waals surface area contributed by atoms with Crippen LogP contribution in [0.15, 0.2) is 24.3 Å². The first-order valence-electron chi connectivity index (χ1n) is 4.92. The molecule has 1 unspecified atom stereocenters. The smallest absolute Gasteiger partial charge is 0.387 e. The number of ether oxygens (including phenoxy) is 2. The van der Waals surface area contributed by atoms with Crippen molar-refractivity contribution in [2.75, 3.05) is 12.4 Å². The van der Waals surface area contributed by atoms with Gasteiger partial charge in [-0.3, -0.25) is 4.79 Å². The molecule has 0 aliphatic carbocycles. The quantitative estimate of drug-likeness (QED) is 0.865. The third-order valence-electron chi connectivity index (χ3n) is 2.08. The third kappa shape index (κ3) is 3.99. The molecule has 1 aromatic rings. The molecule has 1 N–H and O–H groups in total.